The first-order chi connectivity index (χ1) is 7.63. The number of rotatable bonds is 1. The summed E-state index contributed by atoms with van der Waals surface area (Å²) >= 11 is 9.28. The van der Waals surface area contributed by atoms with Gasteiger partial charge in [0.1, 0.15) is 0 Å². The van der Waals surface area contributed by atoms with E-state index in [1.54, 1.807) is 23.0 Å². The molecule has 0 aliphatic carbocycles. The summed E-state index contributed by atoms with van der Waals surface area (Å²) in [5, 5.41) is 4.69. The third-order valence-electron chi connectivity index (χ3n) is 2.23. The molecule has 80 valence electrons. The van der Waals surface area contributed by atoms with Crippen molar-refractivity contribution in [2.75, 3.05) is 0 Å². The van der Waals surface area contributed by atoms with Crippen LogP contribution in [0.25, 0.3) is 16.1 Å². The number of aryl methyl sites for hydroxylation is 1. The van der Waals surface area contributed by atoms with Crippen LogP contribution < -0.4 is 0 Å². The molecular formula is C11H7BrClN3. The summed E-state index contributed by atoms with van der Waals surface area (Å²) in [6.07, 6.45) is 1.71. The smallest absolute Gasteiger partial charge is 0.197 e. The van der Waals surface area contributed by atoms with E-state index in [0.29, 0.717) is 10.7 Å². The summed E-state index contributed by atoms with van der Waals surface area (Å²) < 4.78 is 2.59. The minimum atomic E-state index is 0.525. The minimum Gasteiger partial charge on any atom is -0.268 e. The maximum Gasteiger partial charge on any atom is 0.197 e. The van der Waals surface area contributed by atoms with Gasteiger partial charge in [0.2, 0.25) is 0 Å². The van der Waals surface area contributed by atoms with Crippen molar-refractivity contribution in [3.63, 3.8) is 0 Å². The Balaban J connectivity index is 2.70. The molecule has 0 spiro atoms. The highest BCUT2D eigenvalue weighted by Gasteiger charge is 2.13. The highest BCUT2D eigenvalue weighted by molar-refractivity contribution is 9.10. The molecule has 0 amide bonds. The SMILES string of the molecule is [C-]#[N+]c1cc(Cl)ccc1-c1c(Br)cnn1C. The van der Waals surface area contributed by atoms with Crippen LogP contribution in [0.3, 0.4) is 0 Å². The lowest BCUT2D eigenvalue weighted by Gasteiger charge is -2.06. The normalized spacial score (nSPS) is 10.1. The van der Waals surface area contributed by atoms with Crippen molar-refractivity contribution in [3.8, 4) is 11.3 Å². The van der Waals surface area contributed by atoms with Crippen molar-refractivity contribution >= 4 is 33.2 Å². The molecular weight excluding hydrogens is 289 g/mol. The summed E-state index contributed by atoms with van der Waals surface area (Å²) in [6.45, 7) is 7.15. The van der Waals surface area contributed by atoms with Gasteiger partial charge in [-0.05, 0) is 28.1 Å². The average molecular weight is 297 g/mol. The van der Waals surface area contributed by atoms with E-state index in [9.17, 15) is 0 Å². The van der Waals surface area contributed by atoms with E-state index in [1.165, 1.54) is 0 Å². The van der Waals surface area contributed by atoms with Crippen molar-refractivity contribution < 1.29 is 0 Å². The van der Waals surface area contributed by atoms with E-state index in [4.69, 9.17) is 18.2 Å². The van der Waals surface area contributed by atoms with Crippen molar-refractivity contribution in [1.29, 1.82) is 0 Å². The molecule has 0 aliphatic rings. The van der Waals surface area contributed by atoms with Gasteiger partial charge in [-0.15, -0.1) is 0 Å². The topological polar surface area (TPSA) is 22.2 Å². The second-order valence-corrected chi connectivity index (χ2v) is 4.53. The molecule has 0 radical (unpaired) electrons. The van der Waals surface area contributed by atoms with Crippen molar-refractivity contribution in [2.24, 2.45) is 7.05 Å². The second kappa shape index (κ2) is 4.28. The van der Waals surface area contributed by atoms with Gasteiger partial charge in [-0.25, -0.2) is 4.85 Å². The van der Waals surface area contributed by atoms with Gasteiger partial charge in [-0.2, -0.15) is 5.10 Å². The second-order valence-electron chi connectivity index (χ2n) is 3.24. The maximum absolute atomic E-state index is 7.15. The van der Waals surface area contributed by atoms with Crippen molar-refractivity contribution in [3.05, 3.63) is 45.3 Å². The Morgan fingerprint density at radius 2 is 2.25 bits per heavy atom. The molecule has 0 saturated heterocycles. The van der Waals surface area contributed by atoms with E-state index in [1.807, 2.05) is 13.1 Å². The Morgan fingerprint density at radius 1 is 1.50 bits per heavy atom. The molecule has 0 atom stereocenters. The van der Waals surface area contributed by atoms with Gasteiger partial charge in [0.05, 0.1) is 22.9 Å². The van der Waals surface area contributed by atoms with Gasteiger partial charge in [0.15, 0.2) is 5.69 Å². The van der Waals surface area contributed by atoms with E-state index in [-0.39, 0.29) is 0 Å². The van der Waals surface area contributed by atoms with Gasteiger partial charge < -0.3 is 0 Å². The molecule has 1 heterocycles. The number of aromatic nitrogens is 2. The number of hydrogen-bond acceptors (Lipinski definition) is 1. The first-order valence-corrected chi connectivity index (χ1v) is 5.65. The maximum atomic E-state index is 7.15. The summed E-state index contributed by atoms with van der Waals surface area (Å²) in [6, 6.07) is 5.26. The molecule has 3 nitrogen and oxygen atoms in total. The summed E-state index contributed by atoms with van der Waals surface area (Å²) in [5.41, 5.74) is 2.23. The van der Waals surface area contributed by atoms with Crippen LogP contribution in [0.4, 0.5) is 5.69 Å². The first-order valence-electron chi connectivity index (χ1n) is 4.48. The summed E-state index contributed by atoms with van der Waals surface area (Å²) in [4.78, 5) is 3.47. The minimum absolute atomic E-state index is 0.525. The molecule has 0 saturated carbocycles. The lowest BCUT2D eigenvalue weighted by molar-refractivity contribution is 0.776. The molecule has 0 fully saturated rings. The van der Waals surface area contributed by atoms with Gasteiger partial charge in [-0.1, -0.05) is 17.7 Å². The quantitative estimate of drug-likeness (QED) is 0.728. The van der Waals surface area contributed by atoms with Crippen molar-refractivity contribution in [1.82, 2.24) is 9.78 Å². The number of halogens is 2. The van der Waals surface area contributed by atoms with Crippen LogP contribution >= 0.6 is 27.5 Å². The molecule has 0 bridgehead atoms. The van der Waals surface area contributed by atoms with E-state index in [2.05, 4.69) is 25.9 Å². The molecule has 2 aromatic rings. The van der Waals surface area contributed by atoms with Crippen LogP contribution in [0.2, 0.25) is 5.02 Å². The van der Waals surface area contributed by atoms with Crippen LogP contribution in [0, 0.1) is 6.57 Å². The standard InChI is InChI=1S/C11H7BrClN3/c1-14-10-5-7(13)3-4-8(10)11-9(12)6-15-16(11)2/h3-6H,2H3. The van der Waals surface area contributed by atoms with Crippen LogP contribution in [0.1, 0.15) is 0 Å². The molecule has 0 N–H and O–H groups in total. The Hall–Kier alpha value is -1.31. The van der Waals surface area contributed by atoms with Gasteiger partial charge >= 0.3 is 0 Å². The molecule has 2 rings (SSSR count). The lowest BCUT2D eigenvalue weighted by atomic mass is 10.1. The van der Waals surface area contributed by atoms with Gasteiger partial charge in [0.25, 0.3) is 0 Å². The number of nitrogens with zero attached hydrogens (tertiary/aromatic N) is 3. The van der Waals surface area contributed by atoms with Crippen molar-refractivity contribution in [2.45, 2.75) is 0 Å². The fraction of sp³-hybridized carbons (Fsp3) is 0.0909. The number of benzene rings is 1. The largest absolute Gasteiger partial charge is 0.268 e. The first kappa shape index (κ1) is 11.2. The highest BCUT2D eigenvalue weighted by Crippen LogP contribution is 2.36. The zero-order valence-corrected chi connectivity index (χ0v) is 10.7. The monoisotopic (exact) mass is 295 g/mol. The van der Waals surface area contributed by atoms with Crippen LogP contribution in [-0.2, 0) is 7.05 Å². The van der Waals surface area contributed by atoms with Gasteiger partial charge in [0, 0.05) is 17.6 Å². The van der Waals surface area contributed by atoms with Crippen LogP contribution in [0.5, 0.6) is 0 Å². The zero-order valence-electron chi connectivity index (χ0n) is 8.41. The van der Waals surface area contributed by atoms with E-state index in [0.717, 1.165) is 15.7 Å². The Kier molecular flexibility index (Phi) is 2.99. The predicted molar refractivity (Wildman–Crippen MR) is 67.6 cm³/mol. The summed E-state index contributed by atoms with van der Waals surface area (Å²) in [5.74, 6) is 0. The van der Waals surface area contributed by atoms with Gasteiger partial charge in [-0.3, -0.25) is 4.68 Å². The average Bonchev–Trinajstić information content (AvgIpc) is 2.59. The molecule has 5 heteroatoms. The molecule has 0 unspecified atom stereocenters. The van der Waals surface area contributed by atoms with Crippen LogP contribution in [0.15, 0.2) is 28.9 Å². The predicted octanol–water partition coefficient (Wildman–Crippen LogP) is 4.05. The highest BCUT2D eigenvalue weighted by atomic mass is 79.9. The fourth-order valence-electron chi connectivity index (χ4n) is 1.51. The Labute approximate surface area is 107 Å². The summed E-state index contributed by atoms with van der Waals surface area (Å²) in [7, 11) is 1.84. The Morgan fingerprint density at radius 3 is 2.81 bits per heavy atom. The van der Waals surface area contributed by atoms with Crippen LogP contribution in [-0.4, -0.2) is 9.78 Å². The van der Waals surface area contributed by atoms with E-state index < -0.39 is 0 Å². The molecule has 0 aliphatic heterocycles. The third kappa shape index (κ3) is 1.84. The zero-order chi connectivity index (χ0) is 11.7. The van der Waals surface area contributed by atoms with E-state index >= 15 is 0 Å². The third-order valence-corrected chi connectivity index (χ3v) is 3.04. The molecule has 16 heavy (non-hydrogen) atoms. The Bertz CT molecular complexity index is 564. The fourth-order valence-corrected chi connectivity index (χ4v) is 2.24. The molecule has 1 aromatic carbocycles. The molecule has 1 aromatic heterocycles. The lowest BCUT2D eigenvalue weighted by Crippen LogP contribution is -1.93. The number of hydrogen-bond donors (Lipinski definition) is 0.